The molecule has 20 heavy (non-hydrogen) atoms. The quantitative estimate of drug-likeness (QED) is 0.631. The van der Waals surface area contributed by atoms with Crippen LogP contribution in [0.25, 0.3) is 5.69 Å². The van der Waals surface area contributed by atoms with E-state index in [-0.39, 0.29) is 5.71 Å². The van der Waals surface area contributed by atoms with E-state index >= 15 is 0 Å². The Morgan fingerprint density at radius 2 is 2.20 bits per heavy atom. The van der Waals surface area contributed by atoms with Gasteiger partial charge in [0.2, 0.25) is 5.71 Å². The second-order valence-corrected chi connectivity index (χ2v) is 3.43. The minimum Gasteiger partial charge on any atom is -0.494 e. The topological polar surface area (TPSA) is 125 Å². The number of tetrazole rings is 1. The van der Waals surface area contributed by atoms with Gasteiger partial charge in [-0.1, -0.05) is 0 Å². The van der Waals surface area contributed by atoms with Gasteiger partial charge in [-0.05, 0) is 22.6 Å². The standard InChI is InChI=1S/C11H8N8O/c1-20-11-4-9(19-7-14-17-18-19)2-3-10(11)16-15-8(5-12)6-13/h2-4,7,16H,1H3. The molecule has 1 aromatic heterocycles. The van der Waals surface area contributed by atoms with Crippen molar-refractivity contribution >= 4 is 11.4 Å². The third-order valence-corrected chi connectivity index (χ3v) is 2.30. The van der Waals surface area contributed by atoms with E-state index in [2.05, 4.69) is 26.1 Å². The summed E-state index contributed by atoms with van der Waals surface area (Å²) in [6.07, 6.45) is 1.45. The summed E-state index contributed by atoms with van der Waals surface area (Å²) in [5, 5.41) is 31.7. The molecule has 0 unspecified atom stereocenters. The Hall–Kier alpha value is -3.46. The molecule has 0 saturated heterocycles. The average molecular weight is 268 g/mol. The summed E-state index contributed by atoms with van der Waals surface area (Å²) in [6.45, 7) is 0. The molecule has 0 atom stereocenters. The van der Waals surface area contributed by atoms with Crippen molar-refractivity contribution in [3.8, 4) is 23.6 Å². The Kier molecular flexibility index (Phi) is 3.85. The molecule has 2 rings (SSSR count). The van der Waals surface area contributed by atoms with Crippen molar-refractivity contribution in [2.24, 2.45) is 5.10 Å². The predicted octanol–water partition coefficient (Wildman–Crippen LogP) is 0.486. The lowest BCUT2D eigenvalue weighted by Gasteiger charge is -2.09. The Bertz CT molecular complexity index is 691. The number of hydrogen-bond donors (Lipinski definition) is 1. The molecule has 0 saturated carbocycles. The maximum absolute atomic E-state index is 8.60. The summed E-state index contributed by atoms with van der Waals surface area (Å²) < 4.78 is 6.67. The van der Waals surface area contributed by atoms with E-state index in [1.165, 1.54) is 18.1 Å². The molecule has 0 fully saturated rings. The molecule has 0 amide bonds. The fourth-order valence-electron chi connectivity index (χ4n) is 1.39. The van der Waals surface area contributed by atoms with Crippen LogP contribution in [-0.4, -0.2) is 33.0 Å². The molecule has 0 aliphatic rings. The van der Waals surface area contributed by atoms with E-state index in [1.807, 2.05) is 0 Å². The fourth-order valence-corrected chi connectivity index (χ4v) is 1.39. The monoisotopic (exact) mass is 268 g/mol. The van der Waals surface area contributed by atoms with Gasteiger partial charge in [-0.25, -0.2) is 4.68 Å². The molecule has 0 spiro atoms. The molecular formula is C11H8N8O. The zero-order chi connectivity index (χ0) is 14.4. The van der Waals surface area contributed by atoms with Crippen molar-refractivity contribution in [3.63, 3.8) is 0 Å². The molecule has 1 aromatic carbocycles. The SMILES string of the molecule is COc1cc(-n2cnnn2)ccc1NN=C(C#N)C#N. The second-order valence-electron chi connectivity index (χ2n) is 3.43. The number of nitriles is 2. The highest BCUT2D eigenvalue weighted by Crippen LogP contribution is 2.26. The summed E-state index contributed by atoms with van der Waals surface area (Å²) in [7, 11) is 1.49. The molecule has 0 aliphatic carbocycles. The highest BCUT2D eigenvalue weighted by Gasteiger charge is 2.06. The fraction of sp³-hybridized carbons (Fsp3) is 0.0909. The van der Waals surface area contributed by atoms with Crippen molar-refractivity contribution in [3.05, 3.63) is 24.5 Å². The number of aromatic nitrogens is 4. The molecule has 98 valence electrons. The molecule has 2 aromatic rings. The van der Waals surface area contributed by atoms with E-state index < -0.39 is 0 Å². The van der Waals surface area contributed by atoms with E-state index in [0.29, 0.717) is 17.1 Å². The Morgan fingerprint density at radius 3 is 2.80 bits per heavy atom. The van der Waals surface area contributed by atoms with Gasteiger partial charge in [-0.15, -0.1) is 5.10 Å². The van der Waals surface area contributed by atoms with Crippen molar-refractivity contribution in [2.45, 2.75) is 0 Å². The second kappa shape index (κ2) is 5.93. The van der Waals surface area contributed by atoms with Crippen LogP contribution in [0.4, 0.5) is 5.69 Å². The number of hydrogen-bond acceptors (Lipinski definition) is 8. The molecule has 1 heterocycles. The predicted molar refractivity (Wildman–Crippen MR) is 68.0 cm³/mol. The summed E-state index contributed by atoms with van der Waals surface area (Å²) in [6, 6.07) is 8.39. The highest BCUT2D eigenvalue weighted by atomic mass is 16.5. The van der Waals surface area contributed by atoms with E-state index in [0.717, 1.165) is 0 Å². The van der Waals surface area contributed by atoms with E-state index in [1.54, 1.807) is 30.3 Å². The lowest BCUT2D eigenvalue weighted by Crippen LogP contribution is -2.01. The molecular weight excluding hydrogens is 260 g/mol. The maximum atomic E-state index is 8.60. The lowest BCUT2D eigenvalue weighted by atomic mass is 10.2. The Morgan fingerprint density at radius 1 is 1.40 bits per heavy atom. The van der Waals surface area contributed by atoms with Gasteiger partial charge in [-0.2, -0.15) is 15.6 Å². The minimum absolute atomic E-state index is 0.281. The lowest BCUT2D eigenvalue weighted by molar-refractivity contribution is 0.416. The third-order valence-electron chi connectivity index (χ3n) is 2.30. The van der Waals surface area contributed by atoms with Gasteiger partial charge >= 0.3 is 0 Å². The van der Waals surface area contributed by atoms with E-state index in [9.17, 15) is 0 Å². The molecule has 9 heteroatoms. The van der Waals surface area contributed by atoms with Crippen molar-refractivity contribution in [2.75, 3.05) is 12.5 Å². The van der Waals surface area contributed by atoms with Gasteiger partial charge in [0, 0.05) is 6.07 Å². The first-order valence-corrected chi connectivity index (χ1v) is 5.33. The Labute approximate surface area is 113 Å². The van der Waals surface area contributed by atoms with Crippen molar-refractivity contribution < 1.29 is 4.74 Å². The normalized spacial score (nSPS) is 9.15. The average Bonchev–Trinajstić information content (AvgIpc) is 3.02. The van der Waals surface area contributed by atoms with Gasteiger partial charge < -0.3 is 4.74 Å². The largest absolute Gasteiger partial charge is 0.494 e. The first-order valence-electron chi connectivity index (χ1n) is 5.33. The Balaban J connectivity index is 2.30. The highest BCUT2D eigenvalue weighted by molar-refractivity contribution is 6.10. The van der Waals surface area contributed by atoms with Crippen LogP contribution in [-0.2, 0) is 0 Å². The molecule has 0 radical (unpaired) electrons. The number of nitrogens with zero attached hydrogens (tertiary/aromatic N) is 7. The maximum Gasteiger partial charge on any atom is 0.237 e. The van der Waals surface area contributed by atoms with Crippen LogP contribution < -0.4 is 10.2 Å². The summed E-state index contributed by atoms with van der Waals surface area (Å²) in [5.41, 5.74) is 3.52. The number of ether oxygens (including phenoxy) is 1. The van der Waals surface area contributed by atoms with Crippen molar-refractivity contribution in [1.29, 1.82) is 10.5 Å². The van der Waals surface area contributed by atoms with Crippen LogP contribution in [0.1, 0.15) is 0 Å². The van der Waals surface area contributed by atoms with Gasteiger partial charge in [0.15, 0.2) is 0 Å². The minimum atomic E-state index is -0.281. The number of hydrazone groups is 1. The van der Waals surface area contributed by atoms with Crippen LogP contribution in [0.5, 0.6) is 5.75 Å². The smallest absolute Gasteiger partial charge is 0.237 e. The molecule has 0 aliphatic heterocycles. The first-order chi connectivity index (χ1) is 9.78. The van der Waals surface area contributed by atoms with Crippen LogP contribution in [0.2, 0.25) is 0 Å². The number of benzene rings is 1. The number of methoxy groups -OCH3 is 1. The van der Waals surface area contributed by atoms with Crippen LogP contribution in [0.15, 0.2) is 29.6 Å². The van der Waals surface area contributed by atoms with Gasteiger partial charge in [0.25, 0.3) is 0 Å². The van der Waals surface area contributed by atoms with Gasteiger partial charge in [0.1, 0.15) is 24.2 Å². The van der Waals surface area contributed by atoms with Gasteiger partial charge in [0.05, 0.1) is 18.5 Å². The summed E-state index contributed by atoms with van der Waals surface area (Å²) in [5.74, 6) is 0.469. The zero-order valence-electron chi connectivity index (χ0n) is 10.3. The third kappa shape index (κ3) is 2.68. The summed E-state index contributed by atoms with van der Waals surface area (Å²) in [4.78, 5) is 0. The van der Waals surface area contributed by atoms with Crippen LogP contribution >= 0.6 is 0 Å². The molecule has 9 nitrogen and oxygen atoms in total. The number of nitrogens with one attached hydrogen (secondary N) is 1. The van der Waals surface area contributed by atoms with Crippen molar-refractivity contribution in [1.82, 2.24) is 20.2 Å². The number of anilines is 1. The molecule has 0 bridgehead atoms. The molecule has 1 N–H and O–H groups in total. The van der Waals surface area contributed by atoms with Crippen LogP contribution in [0, 0.1) is 22.7 Å². The van der Waals surface area contributed by atoms with E-state index in [4.69, 9.17) is 15.3 Å². The first kappa shape index (κ1) is 13.0. The summed E-state index contributed by atoms with van der Waals surface area (Å²) >= 11 is 0. The van der Waals surface area contributed by atoms with Gasteiger partial charge in [-0.3, -0.25) is 5.43 Å². The van der Waals surface area contributed by atoms with Crippen LogP contribution in [0.3, 0.4) is 0 Å². The zero-order valence-corrected chi connectivity index (χ0v) is 10.3. The number of rotatable bonds is 4.